The van der Waals surface area contributed by atoms with Gasteiger partial charge in [-0.1, -0.05) is 0 Å². The summed E-state index contributed by atoms with van der Waals surface area (Å²) in [6, 6.07) is 2.92. The van der Waals surface area contributed by atoms with Crippen LogP contribution in [0.4, 0.5) is 28.3 Å². The molecule has 1 aliphatic rings. The van der Waals surface area contributed by atoms with Crippen LogP contribution in [0.25, 0.3) is 22.2 Å². The number of H-pyrrole nitrogens is 1. The highest BCUT2D eigenvalue weighted by atomic mass is 127. The fourth-order valence-corrected chi connectivity index (χ4v) is 4.51. The third kappa shape index (κ3) is 4.12. The van der Waals surface area contributed by atoms with Crippen LogP contribution in [0.5, 0.6) is 5.75 Å². The summed E-state index contributed by atoms with van der Waals surface area (Å²) >= 11 is 1.88. The highest BCUT2D eigenvalue weighted by Crippen LogP contribution is 2.40. The van der Waals surface area contributed by atoms with Gasteiger partial charge in [-0.25, -0.2) is 23.7 Å². The molecule has 0 atom stereocenters. The Bertz CT molecular complexity index is 1450. The maximum atomic E-state index is 15.1. The Labute approximate surface area is 214 Å². The molecule has 14 heteroatoms. The molecule has 0 spiro atoms. The number of ether oxygens (including phenoxy) is 2. The number of aromatic amines is 1. The monoisotopic (exact) mass is 616 g/mol. The number of benzene rings is 1. The van der Waals surface area contributed by atoms with Gasteiger partial charge in [-0.05, 0) is 34.7 Å². The normalized spacial score (nSPS) is 13.7. The Morgan fingerprint density at radius 2 is 2.03 bits per heavy atom. The summed E-state index contributed by atoms with van der Waals surface area (Å²) in [5.41, 5.74) is 1.64. The Morgan fingerprint density at radius 1 is 1.28 bits per heavy atom. The second-order valence-corrected chi connectivity index (χ2v) is 8.50. The number of rotatable bonds is 4. The highest BCUT2D eigenvalue weighted by molar-refractivity contribution is 14.1. The van der Waals surface area contributed by atoms with Crippen molar-refractivity contribution in [3.63, 3.8) is 0 Å². The van der Waals surface area contributed by atoms with E-state index in [0.29, 0.717) is 29.6 Å². The van der Waals surface area contributed by atoms with Gasteiger partial charge in [0.25, 0.3) is 0 Å². The van der Waals surface area contributed by atoms with E-state index in [9.17, 15) is 18.0 Å². The molecule has 1 N–H and O–H groups in total. The van der Waals surface area contributed by atoms with E-state index < -0.39 is 23.7 Å². The Balaban J connectivity index is 1.56. The fraction of sp³-hybridized carbons (Fsp3) is 0.273. The quantitative estimate of drug-likeness (QED) is 0.197. The zero-order valence-electron chi connectivity index (χ0n) is 18.6. The number of alkyl halides is 4. The smallest absolute Gasteiger partial charge is 0.419 e. The minimum Gasteiger partial charge on any atom is -0.492 e. The molecule has 1 aliphatic heterocycles. The molecule has 0 bridgehead atoms. The van der Waals surface area contributed by atoms with Crippen LogP contribution >= 0.6 is 22.6 Å². The van der Waals surface area contributed by atoms with Crippen LogP contribution in [0.2, 0.25) is 0 Å². The number of hydrogen-bond acceptors (Lipinski definition) is 7. The van der Waals surface area contributed by atoms with Crippen LogP contribution in [-0.4, -0.2) is 49.1 Å². The third-order valence-electron chi connectivity index (χ3n) is 5.90. The molecule has 9 nitrogen and oxygen atoms in total. The lowest BCUT2D eigenvalue weighted by Crippen LogP contribution is -2.31. The number of carbonyl (C=O) groups is 1. The van der Waals surface area contributed by atoms with E-state index >= 15 is 4.39 Å². The first-order chi connectivity index (χ1) is 17.2. The number of aromatic nitrogens is 5. The number of anilines is 1. The molecule has 0 aliphatic carbocycles. The first-order valence-electron chi connectivity index (χ1n) is 10.5. The van der Waals surface area contributed by atoms with E-state index in [-0.39, 0.29) is 28.4 Å². The number of carbonyl (C=O) groups excluding carboxylic acids is 1. The number of halogens is 5. The average Bonchev–Trinajstić information content (AvgIpc) is 3.48. The van der Waals surface area contributed by atoms with Gasteiger partial charge in [0.1, 0.15) is 10.1 Å². The predicted octanol–water partition coefficient (Wildman–Crippen LogP) is 4.93. The molecule has 188 valence electrons. The van der Waals surface area contributed by atoms with E-state index in [1.54, 1.807) is 11.0 Å². The Hall–Kier alpha value is -3.43. The summed E-state index contributed by atoms with van der Waals surface area (Å²) in [4.78, 5) is 22.0. The maximum absolute atomic E-state index is 15.1. The molecule has 4 heterocycles. The predicted molar refractivity (Wildman–Crippen MR) is 129 cm³/mol. The molecule has 0 fully saturated rings. The van der Waals surface area contributed by atoms with Gasteiger partial charge >= 0.3 is 12.3 Å². The van der Waals surface area contributed by atoms with Crippen molar-refractivity contribution in [1.29, 1.82) is 0 Å². The second kappa shape index (κ2) is 9.22. The van der Waals surface area contributed by atoms with E-state index in [1.165, 1.54) is 23.9 Å². The Morgan fingerprint density at radius 3 is 2.69 bits per heavy atom. The SMILES string of the molecule is COc1c(F)cc(-c2n[nH]c3c2CN(c2ncc(C(F)(F)F)cn2)CC3)c2ccn(C(=O)OCI)c12. The fourth-order valence-electron chi connectivity index (χ4n) is 4.24. The van der Waals surface area contributed by atoms with Crippen LogP contribution in [0.1, 0.15) is 16.8 Å². The summed E-state index contributed by atoms with van der Waals surface area (Å²) in [5.74, 6) is -0.675. The molecule has 0 saturated carbocycles. The number of nitrogens with one attached hydrogen (secondary N) is 1. The van der Waals surface area contributed by atoms with Crippen LogP contribution in [0, 0.1) is 5.82 Å². The number of methoxy groups -OCH3 is 1. The molecule has 3 aromatic heterocycles. The minimum absolute atomic E-state index is 0.107. The van der Waals surface area contributed by atoms with E-state index in [4.69, 9.17) is 9.47 Å². The van der Waals surface area contributed by atoms with E-state index in [2.05, 4.69) is 20.2 Å². The van der Waals surface area contributed by atoms with Gasteiger partial charge in [0, 0.05) is 60.3 Å². The molecule has 0 amide bonds. The van der Waals surface area contributed by atoms with Crippen LogP contribution in [0.3, 0.4) is 0 Å². The van der Waals surface area contributed by atoms with Crippen molar-refractivity contribution in [2.75, 3.05) is 23.2 Å². The van der Waals surface area contributed by atoms with Gasteiger partial charge in [0.05, 0.1) is 18.4 Å². The van der Waals surface area contributed by atoms with Crippen molar-refractivity contribution in [2.45, 2.75) is 19.1 Å². The largest absolute Gasteiger partial charge is 0.492 e. The van der Waals surface area contributed by atoms with Crippen LogP contribution < -0.4 is 9.64 Å². The standard InChI is InChI=1S/C22H17F4IN6O3/c1-35-19-15(23)6-13(12-2-5-33(18(12)19)21(34)36-10-27)17-14-9-32(4-3-16(14)30-31-17)20-28-7-11(8-29-20)22(24,25)26/h2,5-8H,3-4,9-10H2,1H3,(H,30,31). The van der Waals surface area contributed by atoms with E-state index in [1.807, 2.05) is 22.6 Å². The second-order valence-electron chi connectivity index (χ2n) is 7.88. The summed E-state index contributed by atoms with van der Waals surface area (Å²) in [7, 11) is 1.30. The van der Waals surface area contributed by atoms with Gasteiger partial charge in [-0.2, -0.15) is 18.3 Å². The van der Waals surface area contributed by atoms with Gasteiger partial charge in [0.2, 0.25) is 5.95 Å². The van der Waals surface area contributed by atoms with Crippen LogP contribution in [0.15, 0.2) is 30.7 Å². The van der Waals surface area contributed by atoms with Gasteiger partial charge < -0.3 is 14.4 Å². The molecule has 0 radical (unpaired) electrons. The molecule has 1 aromatic carbocycles. The van der Waals surface area contributed by atoms with Gasteiger partial charge in [-0.15, -0.1) is 0 Å². The van der Waals surface area contributed by atoms with Crippen molar-refractivity contribution in [1.82, 2.24) is 24.7 Å². The summed E-state index contributed by atoms with van der Waals surface area (Å²) < 4.78 is 65.4. The van der Waals surface area contributed by atoms with Crippen molar-refractivity contribution in [3.05, 3.63) is 53.4 Å². The maximum Gasteiger partial charge on any atom is 0.419 e. The number of nitrogens with zero attached hydrogens (tertiary/aromatic N) is 5. The number of hydrogen-bond donors (Lipinski definition) is 1. The first-order valence-corrected chi connectivity index (χ1v) is 12.1. The number of fused-ring (bicyclic) bond motifs is 2. The summed E-state index contributed by atoms with van der Waals surface area (Å²) in [5, 5.41) is 7.88. The lowest BCUT2D eigenvalue weighted by Gasteiger charge is -2.27. The van der Waals surface area contributed by atoms with E-state index in [0.717, 1.165) is 23.7 Å². The minimum atomic E-state index is -4.53. The zero-order valence-corrected chi connectivity index (χ0v) is 20.7. The molecule has 0 unspecified atom stereocenters. The molecular formula is C22H17F4IN6O3. The van der Waals surface area contributed by atoms with Crippen molar-refractivity contribution >= 4 is 45.5 Å². The third-order valence-corrected chi connectivity index (χ3v) is 6.21. The Kier molecular flexibility index (Phi) is 6.22. The van der Waals surface area contributed by atoms with Crippen molar-refractivity contribution in [2.24, 2.45) is 0 Å². The first kappa shape index (κ1) is 24.3. The summed E-state index contributed by atoms with van der Waals surface area (Å²) in [6.45, 7) is 0.685. The lowest BCUT2D eigenvalue weighted by molar-refractivity contribution is -0.138. The zero-order chi connectivity index (χ0) is 25.6. The molecule has 5 rings (SSSR count). The van der Waals surface area contributed by atoms with Crippen molar-refractivity contribution < 1.29 is 31.8 Å². The average molecular weight is 616 g/mol. The highest BCUT2D eigenvalue weighted by Gasteiger charge is 2.32. The summed E-state index contributed by atoms with van der Waals surface area (Å²) in [6.07, 6.45) is -1.77. The van der Waals surface area contributed by atoms with Crippen LogP contribution in [-0.2, 0) is 23.9 Å². The lowest BCUT2D eigenvalue weighted by atomic mass is 9.98. The molecule has 36 heavy (non-hydrogen) atoms. The molecule has 0 saturated heterocycles. The molecule has 4 aromatic rings. The van der Waals surface area contributed by atoms with Crippen molar-refractivity contribution in [3.8, 4) is 17.0 Å². The van der Waals surface area contributed by atoms with Gasteiger partial charge in [0.15, 0.2) is 11.6 Å². The van der Waals surface area contributed by atoms with Gasteiger partial charge in [-0.3, -0.25) is 5.10 Å². The molecular weight excluding hydrogens is 599 g/mol. The topological polar surface area (TPSA) is 98.2 Å².